The Balaban J connectivity index is 1.57. The summed E-state index contributed by atoms with van der Waals surface area (Å²) in [4.78, 5) is 33.4. The Morgan fingerprint density at radius 3 is 2.73 bits per heavy atom. The predicted octanol–water partition coefficient (Wildman–Crippen LogP) is 4.97. The Kier molecular flexibility index (Phi) is 6.49. The van der Waals surface area contributed by atoms with Crippen LogP contribution in [0.2, 0.25) is 0 Å². The van der Waals surface area contributed by atoms with Crippen molar-refractivity contribution < 1.29 is 14.3 Å². The first-order chi connectivity index (χ1) is 15.6. The third-order valence-corrected chi connectivity index (χ3v) is 9.53. The van der Waals surface area contributed by atoms with Crippen molar-refractivity contribution in [2.24, 2.45) is 28.1 Å². The number of allylic oxidation sites excluding steroid dienone is 2. The van der Waals surface area contributed by atoms with Crippen LogP contribution >= 0.6 is 0 Å². The molecule has 0 aliphatic heterocycles. The summed E-state index contributed by atoms with van der Waals surface area (Å²) in [6.07, 6.45) is 15.1. The topological polar surface area (TPSA) is 84.1 Å². The molecule has 0 spiro atoms. The van der Waals surface area contributed by atoms with Crippen LogP contribution in [0.4, 0.5) is 0 Å². The number of ether oxygens (including phenoxy) is 1. The number of carbonyl (C=O) groups is 2. The molecule has 1 amide bonds. The second kappa shape index (κ2) is 8.92. The number of imidazole rings is 1. The zero-order valence-corrected chi connectivity index (χ0v) is 21.0. The normalized spacial score (nSPS) is 36.7. The minimum atomic E-state index is -0.719. The largest absolute Gasteiger partial charge is 0.467 e. The Morgan fingerprint density at radius 1 is 1.27 bits per heavy atom. The Labute approximate surface area is 198 Å². The van der Waals surface area contributed by atoms with Gasteiger partial charge in [-0.05, 0) is 61.2 Å². The molecule has 1 aromatic heterocycles. The fourth-order valence-electron chi connectivity index (χ4n) is 7.33. The molecule has 2 unspecified atom stereocenters. The minimum absolute atomic E-state index is 0.0124. The highest BCUT2D eigenvalue weighted by Gasteiger charge is 2.57. The Morgan fingerprint density at radius 2 is 2.06 bits per heavy atom. The van der Waals surface area contributed by atoms with Crippen LogP contribution in [0, 0.1) is 28.1 Å². The predicted molar refractivity (Wildman–Crippen MR) is 128 cm³/mol. The highest BCUT2D eigenvalue weighted by Crippen LogP contribution is 2.64. The molecule has 0 aromatic carbocycles. The summed E-state index contributed by atoms with van der Waals surface area (Å²) >= 11 is 0. The number of rotatable bonds is 6. The monoisotopic (exact) mass is 455 g/mol. The van der Waals surface area contributed by atoms with Crippen LogP contribution in [0.3, 0.4) is 0 Å². The maximum absolute atomic E-state index is 13.8. The van der Waals surface area contributed by atoms with Crippen LogP contribution < -0.4 is 5.32 Å². The van der Waals surface area contributed by atoms with Crippen molar-refractivity contribution in [1.82, 2.24) is 15.3 Å². The molecule has 0 radical (unpaired) electrons. The van der Waals surface area contributed by atoms with Crippen molar-refractivity contribution in [3.05, 3.63) is 29.9 Å². The van der Waals surface area contributed by atoms with Gasteiger partial charge >= 0.3 is 5.97 Å². The van der Waals surface area contributed by atoms with Gasteiger partial charge in [-0.2, -0.15) is 0 Å². The Hall–Kier alpha value is -2.11. The van der Waals surface area contributed by atoms with Crippen LogP contribution in [0.5, 0.6) is 0 Å². The van der Waals surface area contributed by atoms with E-state index >= 15 is 0 Å². The molecule has 6 heteroatoms. The van der Waals surface area contributed by atoms with E-state index in [1.54, 1.807) is 18.1 Å². The number of fused-ring (bicyclic) bond motifs is 3. The SMILES string of the molecule is CC[C@@]1(C)CC=C2C(CCC3[C@](C)(C(=O)N[C@@H](Cc4cnc[nH]4)C(=O)OC)CCC[C@@]23C)C1. The molecule has 4 rings (SSSR count). The molecule has 1 aromatic rings. The second-order valence-corrected chi connectivity index (χ2v) is 11.6. The van der Waals surface area contributed by atoms with E-state index in [-0.39, 0.29) is 17.2 Å². The maximum atomic E-state index is 13.8. The van der Waals surface area contributed by atoms with Gasteiger partial charge < -0.3 is 15.0 Å². The lowest BCUT2D eigenvalue weighted by Crippen LogP contribution is -2.57. The average Bonchev–Trinajstić information content (AvgIpc) is 3.30. The van der Waals surface area contributed by atoms with Crippen molar-refractivity contribution in [3.8, 4) is 0 Å². The van der Waals surface area contributed by atoms with Crippen molar-refractivity contribution in [2.45, 2.75) is 91.5 Å². The van der Waals surface area contributed by atoms with E-state index in [1.807, 2.05) is 0 Å². The van der Waals surface area contributed by atoms with Crippen LogP contribution in [-0.2, 0) is 20.7 Å². The smallest absolute Gasteiger partial charge is 0.328 e. The summed E-state index contributed by atoms with van der Waals surface area (Å²) in [5.41, 5.74) is 2.39. The summed E-state index contributed by atoms with van der Waals surface area (Å²) in [6.45, 7) is 9.29. The number of aromatic nitrogens is 2. The number of esters is 1. The van der Waals surface area contributed by atoms with E-state index in [0.29, 0.717) is 17.8 Å². The van der Waals surface area contributed by atoms with E-state index in [4.69, 9.17) is 4.74 Å². The fraction of sp³-hybridized carbons (Fsp3) is 0.741. The zero-order chi connectivity index (χ0) is 23.9. The molecular weight excluding hydrogens is 414 g/mol. The third-order valence-electron chi connectivity index (χ3n) is 9.53. The average molecular weight is 456 g/mol. The van der Waals surface area contributed by atoms with E-state index in [0.717, 1.165) is 37.8 Å². The minimum Gasteiger partial charge on any atom is -0.467 e. The number of hydrogen-bond acceptors (Lipinski definition) is 4. The number of amides is 1. The first-order valence-corrected chi connectivity index (χ1v) is 12.7. The van der Waals surface area contributed by atoms with Gasteiger partial charge in [0, 0.05) is 18.3 Å². The van der Waals surface area contributed by atoms with E-state index in [2.05, 4.69) is 49.1 Å². The quantitative estimate of drug-likeness (QED) is 0.469. The van der Waals surface area contributed by atoms with Crippen molar-refractivity contribution in [2.75, 3.05) is 7.11 Å². The van der Waals surface area contributed by atoms with Crippen molar-refractivity contribution in [3.63, 3.8) is 0 Å². The number of methoxy groups -OCH3 is 1. The number of nitrogens with zero attached hydrogens (tertiary/aromatic N) is 1. The first-order valence-electron chi connectivity index (χ1n) is 12.7. The van der Waals surface area contributed by atoms with E-state index in [1.165, 1.54) is 26.4 Å². The number of nitrogens with one attached hydrogen (secondary N) is 2. The molecule has 2 fully saturated rings. The fourth-order valence-corrected chi connectivity index (χ4v) is 7.33. The summed E-state index contributed by atoms with van der Waals surface area (Å²) < 4.78 is 5.01. The summed E-state index contributed by atoms with van der Waals surface area (Å²) in [7, 11) is 1.37. The van der Waals surface area contributed by atoms with Crippen LogP contribution in [-0.4, -0.2) is 35.0 Å². The van der Waals surface area contributed by atoms with Gasteiger partial charge in [-0.1, -0.05) is 52.2 Å². The molecule has 0 saturated heterocycles. The highest BCUT2D eigenvalue weighted by molar-refractivity contribution is 5.88. The molecule has 2 N–H and O–H groups in total. The molecule has 1 heterocycles. The first kappa shape index (κ1) is 24.0. The molecule has 182 valence electrons. The van der Waals surface area contributed by atoms with E-state index < -0.39 is 17.4 Å². The Bertz CT molecular complexity index is 910. The third kappa shape index (κ3) is 4.26. The lowest BCUT2D eigenvalue weighted by molar-refractivity contribution is -0.150. The van der Waals surface area contributed by atoms with Crippen molar-refractivity contribution >= 4 is 11.9 Å². The van der Waals surface area contributed by atoms with Gasteiger partial charge in [0.15, 0.2) is 0 Å². The van der Waals surface area contributed by atoms with Gasteiger partial charge in [-0.25, -0.2) is 9.78 Å². The highest BCUT2D eigenvalue weighted by atomic mass is 16.5. The van der Waals surface area contributed by atoms with Crippen molar-refractivity contribution in [1.29, 1.82) is 0 Å². The standard InChI is InChI=1S/C27H41N3O3/c1-6-25(2)13-10-20-18(15-25)8-9-22-26(20,3)11-7-12-27(22,4)24(32)30-21(23(31)33-5)14-19-16-28-17-29-19/h10,16-18,21-22H,6-9,11-15H2,1-5H3,(H,28,29)(H,30,32)/t18?,21-,22?,25-,26-,27+/m0/s1. The molecule has 6 nitrogen and oxygen atoms in total. The molecule has 33 heavy (non-hydrogen) atoms. The maximum Gasteiger partial charge on any atom is 0.328 e. The van der Waals surface area contributed by atoms with Crippen LogP contribution in [0.15, 0.2) is 24.2 Å². The number of H-pyrrole nitrogens is 1. The molecule has 6 atom stereocenters. The number of aromatic amines is 1. The van der Waals surface area contributed by atoms with E-state index in [9.17, 15) is 9.59 Å². The molecule has 0 bridgehead atoms. The van der Waals surface area contributed by atoms with Gasteiger partial charge in [0.1, 0.15) is 6.04 Å². The summed E-state index contributed by atoms with van der Waals surface area (Å²) in [5, 5.41) is 3.08. The van der Waals surface area contributed by atoms with Gasteiger partial charge in [-0.15, -0.1) is 0 Å². The molecule has 3 aliphatic rings. The zero-order valence-electron chi connectivity index (χ0n) is 21.0. The summed E-state index contributed by atoms with van der Waals surface area (Å²) in [5.74, 6) is 0.510. The lowest BCUT2D eigenvalue weighted by Gasteiger charge is -2.59. The molecular formula is C27H41N3O3. The molecule has 2 saturated carbocycles. The van der Waals surface area contributed by atoms with Crippen LogP contribution in [0.1, 0.15) is 84.8 Å². The van der Waals surface area contributed by atoms with Gasteiger partial charge in [0.05, 0.1) is 18.9 Å². The molecule has 3 aliphatic carbocycles. The van der Waals surface area contributed by atoms with Gasteiger partial charge in [0.2, 0.25) is 5.91 Å². The van der Waals surface area contributed by atoms with Crippen LogP contribution in [0.25, 0.3) is 0 Å². The number of carbonyl (C=O) groups excluding carboxylic acids is 2. The summed E-state index contributed by atoms with van der Waals surface area (Å²) in [6, 6.07) is -0.719. The van der Waals surface area contributed by atoms with Gasteiger partial charge in [-0.3, -0.25) is 4.79 Å². The second-order valence-electron chi connectivity index (χ2n) is 11.6. The number of hydrogen-bond donors (Lipinski definition) is 2. The lowest BCUT2D eigenvalue weighted by atomic mass is 9.45. The van der Waals surface area contributed by atoms with Gasteiger partial charge in [0.25, 0.3) is 0 Å².